The Morgan fingerprint density at radius 1 is 1.12 bits per heavy atom. The number of ether oxygens (including phenoxy) is 1. The lowest BCUT2D eigenvalue weighted by atomic mass is 10.1. The Balaban J connectivity index is 1.77. The molecule has 3 rings (SSSR count). The highest BCUT2D eigenvalue weighted by Crippen LogP contribution is 2.29. The van der Waals surface area contributed by atoms with Gasteiger partial charge in [0.15, 0.2) is 0 Å². The maximum Gasteiger partial charge on any atom is 0.337 e. The van der Waals surface area contributed by atoms with Gasteiger partial charge in [0.25, 0.3) is 5.91 Å². The van der Waals surface area contributed by atoms with Crippen LogP contribution in [0.25, 0.3) is 6.08 Å². The lowest BCUT2D eigenvalue weighted by Gasteiger charge is -2.28. The fraction of sp³-hybridized carbons (Fsp3) is 0.105. The van der Waals surface area contributed by atoms with Gasteiger partial charge in [-0.05, 0) is 35.9 Å². The number of para-hydroxylation sites is 2. The molecule has 126 valence electrons. The number of benzene rings is 2. The molecule has 1 heterocycles. The van der Waals surface area contributed by atoms with Crippen LogP contribution in [0, 0.1) is 0 Å². The van der Waals surface area contributed by atoms with E-state index in [4.69, 9.17) is 0 Å². The number of carbonyl (C=O) groups excluding carboxylic acids is 3. The molecule has 2 aromatic rings. The van der Waals surface area contributed by atoms with Gasteiger partial charge in [-0.1, -0.05) is 24.3 Å². The third kappa shape index (κ3) is 3.58. The third-order valence-corrected chi connectivity index (χ3v) is 3.79. The summed E-state index contributed by atoms with van der Waals surface area (Å²) in [5, 5.41) is 2.74. The van der Waals surface area contributed by atoms with Crippen molar-refractivity contribution in [3.8, 4) is 0 Å². The van der Waals surface area contributed by atoms with Gasteiger partial charge >= 0.3 is 5.97 Å². The summed E-state index contributed by atoms with van der Waals surface area (Å²) in [6, 6.07) is 13.8. The molecule has 1 aliphatic heterocycles. The van der Waals surface area contributed by atoms with Crippen molar-refractivity contribution in [2.45, 2.75) is 0 Å². The predicted octanol–water partition coefficient (Wildman–Crippen LogP) is 2.47. The van der Waals surface area contributed by atoms with Crippen molar-refractivity contribution in [2.75, 3.05) is 23.9 Å². The molecular formula is C19H16N2O4. The van der Waals surface area contributed by atoms with Crippen molar-refractivity contribution >= 4 is 35.2 Å². The van der Waals surface area contributed by atoms with Crippen LogP contribution in [0.15, 0.2) is 54.6 Å². The lowest BCUT2D eigenvalue weighted by Crippen LogP contribution is -2.41. The van der Waals surface area contributed by atoms with Gasteiger partial charge in [0.05, 0.1) is 24.0 Å². The highest BCUT2D eigenvalue weighted by Gasteiger charge is 2.25. The maximum absolute atomic E-state index is 12.5. The molecule has 0 radical (unpaired) electrons. The molecule has 2 amide bonds. The van der Waals surface area contributed by atoms with E-state index in [1.807, 2.05) is 6.07 Å². The maximum atomic E-state index is 12.5. The number of rotatable bonds is 3. The SMILES string of the molecule is COC(=O)c1ccc(/C=C/C(=O)N2CC(=O)Nc3ccccc32)cc1. The predicted molar refractivity (Wildman–Crippen MR) is 94.2 cm³/mol. The van der Waals surface area contributed by atoms with Crippen molar-refractivity contribution in [3.05, 3.63) is 65.7 Å². The fourth-order valence-corrected chi connectivity index (χ4v) is 2.54. The first-order chi connectivity index (χ1) is 12.1. The summed E-state index contributed by atoms with van der Waals surface area (Å²) >= 11 is 0. The molecule has 0 saturated carbocycles. The van der Waals surface area contributed by atoms with Crippen molar-refractivity contribution < 1.29 is 19.1 Å². The van der Waals surface area contributed by atoms with E-state index in [0.29, 0.717) is 16.9 Å². The standard InChI is InChI=1S/C19H16N2O4/c1-25-19(24)14-9-6-13(7-10-14)8-11-18(23)21-12-17(22)20-15-4-2-3-5-16(15)21/h2-11H,12H2,1H3,(H,20,22)/b11-8+. The van der Waals surface area contributed by atoms with Crippen LogP contribution in [0.1, 0.15) is 15.9 Å². The Morgan fingerprint density at radius 2 is 1.84 bits per heavy atom. The van der Waals surface area contributed by atoms with Gasteiger partial charge in [-0.25, -0.2) is 4.79 Å². The molecule has 6 nitrogen and oxygen atoms in total. The summed E-state index contributed by atoms with van der Waals surface area (Å²) in [4.78, 5) is 37.1. The zero-order valence-corrected chi connectivity index (χ0v) is 13.6. The van der Waals surface area contributed by atoms with E-state index < -0.39 is 5.97 Å². The Hall–Kier alpha value is -3.41. The quantitative estimate of drug-likeness (QED) is 0.690. The molecular weight excluding hydrogens is 320 g/mol. The highest BCUT2D eigenvalue weighted by atomic mass is 16.5. The monoisotopic (exact) mass is 336 g/mol. The van der Waals surface area contributed by atoms with Gasteiger partial charge in [0, 0.05) is 6.08 Å². The van der Waals surface area contributed by atoms with Crippen molar-refractivity contribution in [1.29, 1.82) is 0 Å². The van der Waals surface area contributed by atoms with E-state index in [-0.39, 0.29) is 18.4 Å². The molecule has 2 aromatic carbocycles. The number of anilines is 2. The largest absolute Gasteiger partial charge is 0.465 e. The van der Waals surface area contributed by atoms with Gasteiger partial charge in [0.2, 0.25) is 5.91 Å². The van der Waals surface area contributed by atoms with Crippen molar-refractivity contribution in [2.24, 2.45) is 0 Å². The van der Waals surface area contributed by atoms with Gasteiger partial charge in [-0.15, -0.1) is 0 Å². The molecule has 0 unspecified atom stereocenters. The normalized spacial score (nSPS) is 13.3. The fourth-order valence-electron chi connectivity index (χ4n) is 2.54. The van der Waals surface area contributed by atoms with Crippen LogP contribution in [0.3, 0.4) is 0 Å². The summed E-state index contributed by atoms with van der Waals surface area (Å²) < 4.78 is 4.64. The molecule has 0 aliphatic carbocycles. The molecule has 0 bridgehead atoms. The summed E-state index contributed by atoms with van der Waals surface area (Å²) in [6.07, 6.45) is 3.04. The van der Waals surface area contributed by atoms with Crippen molar-refractivity contribution in [1.82, 2.24) is 0 Å². The van der Waals surface area contributed by atoms with Crippen LogP contribution in [0.2, 0.25) is 0 Å². The number of methoxy groups -OCH3 is 1. The van der Waals surface area contributed by atoms with Gasteiger partial charge in [-0.3, -0.25) is 14.5 Å². The number of nitrogens with zero attached hydrogens (tertiary/aromatic N) is 1. The third-order valence-electron chi connectivity index (χ3n) is 3.79. The number of fused-ring (bicyclic) bond motifs is 1. The van der Waals surface area contributed by atoms with Crippen LogP contribution in [0.4, 0.5) is 11.4 Å². The summed E-state index contributed by atoms with van der Waals surface area (Å²) in [5.41, 5.74) is 2.48. The second-order valence-corrected chi connectivity index (χ2v) is 5.44. The van der Waals surface area contributed by atoms with E-state index >= 15 is 0 Å². The van der Waals surface area contributed by atoms with Gasteiger partial charge in [0.1, 0.15) is 6.54 Å². The number of nitrogens with one attached hydrogen (secondary N) is 1. The molecule has 1 N–H and O–H groups in total. The van der Waals surface area contributed by atoms with Crippen molar-refractivity contribution in [3.63, 3.8) is 0 Å². The zero-order chi connectivity index (χ0) is 17.8. The summed E-state index contributed by atoms with van der Waals surface area (Å²) in [5.74, 6) is -0.940. The van der Waals surface area contributed by atoms with Crippen LogP contribution in [-0.2, 0) is 14.3 Å². The van der Waals surface area contributed by atoms with Crippen LogP contribution in [-0.4, -0.2) is 31.4 Å². The Labute approximate surface area is 144 Å². The number of esters is 1. The molecule has 6 heteroatoms. The Kier molecular flexibility index (Phi) is 4.61. The minimum absolute atomic E-state index is 0.0263. The Morgan fingerprint density at radius 3 is 2.56 bits per heavy atom. The Bertz CT molecular complexity index is 856. The second-order valence-electron chi connectivity index (χ2n) is 5.44. The van der Waals surface area contributed by atoms with Crippen LogP contribution >= 0.6 is 0 Å². The molecule has 1 aliphatic rings. The number of hydrogen-bond acceptors (Lipinski definition) is 4. The summed E-state index contributed by atoms with van der Waals surface area (Å²) in [6.45, 7) is -0.0263. The smallest absolute Gasteiger partial charge is 0.337 e. The number of carbonyl (C=O) groups is 3. The van der Waals surface area contributed by atoms with E-state index in [9.17, 15) is 14.4 Å². The second kappa shape index (κ2) is 7.00. The minimum atomic E-state index is -0.414. The molecule has 0 aromatic heterocycles. The zero-order valence-electron chi connectivity index (χ0n) is 13.6. The minimum Gasteiger partial charge on any atom is -0.465 e. The number of hydrogen-bond donors (Lipinski definition) is 1. The first-order valence-electron chi connectivity index (χ1n) is 7.65. The molecule has 25 heavy (non-hydrogen) atoms. The summed E-state index contributed by atoms with van der Waals surface area (Å²) in [7, 11) is 1.32. The average molecular weight is 336 g/mol. The lowest BCUT2D eigenvalue weighted by molar-refractivity contribution is -0.119. The molecule has 0 fully saturated rings. The first kappa shape index (κ1) is 16.4. The van der Waals surface area contributed by atoms with E-state index in [1.165, 1.54) is 18.1 Å². The first-order valence-corrected chi connectivity index (χ1v) is 7.65. The average Bonchev–Trinajstić information content (AvgIpc) is 2.65. The number of amides is 2. The molecule has 0 spiro atoms. The van der Waals surface area contributed by atoms with Crippen LogP contribution in [0.5, 0.6) is 0 Å². The van der Waals surface area contributed by atoms with Crippen LogP contribution < -0.4 is 10.2 Å². The molecule has 0 saturated heterocycles. The van der Waals surface area contributed by atoms with Gasteiger partial charge < -0.3 is 10.1 Å². The van der Waals surface area contributed by atoms with E-state index in [2.05, 4.69) is 10.1 Å². The topological polar surface area (TPSA) is 75.7 Å². The van der Waals surface area contributed by atoms with E-state index in [1.54, 1.807) is 48.5 Å². The molecule has 0 atom stereocenters. The van der Waals surface area contributed by atoms with Gasteiger partial charge in [-0.2, -0.15) is 0 Å². The van der Waals surface area contributed by atoms with E-state index in [0.717, 1.165) is 5.56 Å². The highest BCUT2D eigenvalue weighted by molar-refractivity contribution is 6.13.